The standard InChI is InChI=1S/C16H13ClFN3O2/c1-20-16(22)21(9-19-20)12-5-3-10(4-6-12)13-7-11(18)8-14(17)15(13)23-2/h3-9H,1-2H3. The summed E-state index contributed by atoms with van der Waals surface area (Å²) in [6, 6.07) is 9.58. The summed E-state index contributed by atoms with van der Waals surface area (Å²) in [5, 5.41) is 4.11. The lowest BCUT2D eigenvalue weighted by Crippen LogP contribution is -2.21. The Bertz CT molecular complexity index is 916. The second-order valence-corrected chi connectivity index (χ2v) is 5.33. The van der Waals surface area contributed by atoms with Crippen LogP contribution in [-0.4, -0.2) is 21.5 Å². The van der Waals surface area contributed by atoms with Gasteiger partial charge in [0.05, 0.1) is 17.8 Å². The Labute approximate surface area is 136 Å². The number of hydrogen-bond acceptors (Lipinski definition) is 3. The summed E-state index contributed by atoms with van der Waals surface area (Å²) in [6.45, 7) is 0. The first-order chi connectivity index (χ1) is 11.0. The van der Waals surface area contributed by atoms with Crippen LogP contribution in [0.3, 0.4) is 0 Å². The van der Waals surface area contributed by atoms with E-state index in [1.54, 1.807) is 31.3 Å². The highest BCUT2D eigenvalue weighted by molar-refractivity contribution is 6.32. The molecule has 23 heavy (non-hydrogen) atoms. The average Bonchev–Trinajstić information content (AvgIpc) is 2.86. The molecule has 5 nitrogen and oxygen atoms in total. The highest BCUT2D eigenvalue weighted by Crippen LogP contribution is 2.37. The molecule has 0 atom stereocenters. The lowest BCUT2D eigenvalue weighted by Gasteiger charge is -2.11. The number of rotatable bonds is 3. The Kier molecular flexibility index (Phi) is 3.92. The minimum atomic E-state index is -0.446. The third kappa shape index (κ3) is 2.73. The van der Waals surface area contributed by atoms with Crippen LogP contribution in [-0.2, 0) is 7.05 Å². The molecule has 0 aliphatic heterocycles. The molecule has 0 unspecified atom stereocenters. The Morgan fingerprint density at radius 3 is 2.48 bits per heavy atom. The van der Waals surface area contributed by atoms with Crippen molar-refractivity contribution in [2.75, 3.05) is 7.11 Å². The number of nitrogens with zero attached hydrogens (tertiary/aromatic N) is 3. The Balaban J connectivity index is 2.07. The molecule has 0 fully saturated rings. The zero-order valence-electron chi connectivity index (χ0n) is 12.5. The summed E-state index contributed by atoms with van der Waals surface area (Å²) in [7, 11) is 3.05. The van der Waals surface area contributed by atoms with Gasteiger partial charge in [0.2, 0.25) is 0 Å². The van der Waals surface area contributed by atoms with Crippen molar-refractivity contribution in [1.29, 1.82) is 0 Å². The van der Waals surface area contributed by atoms with Crippen LogP contribution in [0.25, 0.3) is 16.8 Å². The molecule has 0 radical (unpaired) electrons. The van der Waals surface area contributed by atoms with Crippen molar-refractivity contribution in [1.82, 2.24) is 14.3 Å². The molecule has 2 aromatic carbocycles. The van der Waals surface area contributed by atoms with Gasteiger partial charge in [-0.25, -0.2) is 18.4 Å². The molecular formula is C16H13ClFN3O2. The van der Waals surface area contributed by atoms with Crippen LogP contribution in [0.2, 0.25) is 5.02 Å². The fourth-order valence-corrected chi connectivity index (χ4v) is 2.63. The molecule has 118 valence electrons. The summed E-state index contributed by atoms with van der Waals surface area (Å²) in [5.74, 6) is -0.0438. The van der Waals surface area contributed by atoms with Crippen molar-refractivity contribution in [3.8, 4) is 22.6 Å². The quantitative estimate of drug-likeness (QED) is 0.740. The molecule has 0 saturated heterocycles. The topological polar surface area (TPSA) is 49.0 Å². The molecule has 0 amide bonds. The van der Waals surface area contributed by atoms with Gasteiger partial charge in [-0.1, -0.05) is 23.7 Å². The smallest absolute Gasteiger partial charge is 0.350 e. The Hall–Kier alpha value is -2.60. The van der Waals surface area contributed by atoms with E-state index in [0.29, 0.717) is 17.0 Å². The molecule has 1 heterocycles. The van der Waals surface area contributed by atoms with Crippen LogP contribution < -0.4 is 10.4 Å². The van der Waals surface area contributed by atoms with Crippen molar-refractivity contribution in [3.63, 3.8) is 0 Å². The Morgan fingerprint density at radius 1 is 1.22 bits per heavy atom. The van der Waals surface area contributed by atoms with Gasteiger partial charge in [0, 0.05) is 12.6 Å². The molecule has 0 aliphatic rings. The zero-order valence-corrected chi connectivity index (χ0v) is 13.2. The number of benzene rings is 2. The van der Waals surface area contributed by atoms with E-state index in [1.165, 1.54) is 34.8 Å². The van der Waals surface area contributed by atoms with Crippen LogP contribution >= 0.6 is 11.6 Å². The fourth-order valence-electron chi connectivity index (χ4n) is 2.34. The van der Waals surface area contributed by atoms with Crippen LogP contribution in [0.1, 0.15) is 0 Å². The summed E-state index contributed by atoms with van der Waals surface area (Å²) < 4.78 is 21.5. The van der Waals surface area contributed by atoms with Gasteiger partial charge in [0.15, 0.2) is 0 Å². The van der Waals surface area contributed by atoms with E-state index < -0.39 is 5.82 Å². The predicted octanol–water partition coefficient (Wildman–Crippen LogP) is 3.04. The second kappa shape index (κ2) is 5.89. The van der Waals surface area contributed by atoms with Gasteiger partial charge in [0.1, 0.15) is 17.9 Å². The average molecular weight is 334 g/mol. The van der Waals surface area contributed by atoms with Crippen LogP contribution in [0, 0.1) is 5.82 Å². The van der Waals surface area contributed by atoms with Crippen molar-refractivity contribution in [2.45, 2.75) is 0 Å². The molecule has 3 aromatic rings. The van der Waals surface area contributed by atoms with Gasteiger partial charge < -0.3 is 4.74 Å². The van der Waals surface area contributed by atoms with Crippen LogP contribution in [0.5, 0.6) is 5.75 Å². The van der Waals surface area contributed by atoms with Crippen LogP contribution in [0.4, 0.5) is 4.39 Å². The number of ether oxygens (including phenoxy) is 1. The number of hydrogen-bond donors (Lipinski definition) is 0. The van der Waals surface area contributed by atoms with E-state index in [9.17, 15) is 9.18 Å². The SMILES string of the molecule is COc1c(Cl)cc(F)cc1-c1ccc(-n2cnn(C)c2=O)cc1. The first kappa shape index (κ1) is 15.3. The predicted molar refractivity (Wildman–Crippen MR) is 85.8 cm³/mol. The van der Waals surface area contributed by atoms with E-state index in [1.807, 2.05) is 0 Å². The summed E-state index contributed by atoms with van der Waals surface area (Å²) >= 11 is 6.01. The van der Waals surface area contributed by atoms with Gasteiger partial charge in [0.25, 0.3) is 0 Å². The first-order valence-electron chi connectivity index (χ1n) is 6.75. The molecular weight excluding hydrogens is 321 g/mol. The molecule has 0 aliphatic carbocycles. The fraction of sp³-hybridized carbons (Fsp3) is 0.125. The second-order valence-electron chi connectivity index (χ2n) is 4.92. The number of aryl methyl sites for hydroxylation is 1. The maximum absolute atomic E-state index is 13.6. The molecule has 3 rings (SSSR count). The van der Waals surface area contributed by atoms with Crippen LogP contribution in [0.15, 0.2) is 47.5 Å². The molecule has 0 N–H and O–H groups in total. The highest BCUT2D eigenvalue weighted by Gasteiger charge is 2.13. The van der Waals surface area contributed by atoms with Crippen molar-refractivity contribution in [2.24, 2.45) is 7.05 Å². The maximum Gasteiger partial charge on any atom is 0.350 e. The highest BCUT2D eigenvalue weighted by atomic mass is 35.5. The van der Waals surface area contributed by atoms with Gasteiger partial charge in [-0.3, -0.25) is 0 Å². The zero-order chi connectivity index (χ0) is 16.6. The van der Waals surface area contributed by atoms with Gasteiger partial charge in [-0.05, 0) is 29.8 Å². The molecule has 7 heteroatoms. The summed E-state index contributed by atoms with van der Waals surface area (Å²) in [6.07, 6.45) is 1.44. The number of aromatic nitrogens is 3. The monoisotopic (exact) mass is 333 g/mol. The number of methoxy groups -OCH3 is 1. The first-order valence-corrected chi connectivity index (χ1v) is 7.13. The van der Waals surface area contributed by atoms with E-state index >= 15 is 0 Å². The summed E-state index contributed by atoms with van der Waals surface area (Å²) in [4.78, 5) is 11.9. The van der Waals surface area contributed by atoms with E-state index in [2.05, 4.69) is 5.10 Å². The lowest BCUT2D eigenvalue weighted by molar-refractivity contribution is 0.415. The van der Waals surface area contributed by atoms with Gasteiger partial charge in [-0.15, -0.1) is 0 Å². The number of halogens is 2. The molecule has 0 bridgehead atoms. The van der Waals surface area contributed by atoms with Gasteiger partial charge in [-0.2, -0.15) is 5.10 Å². The third-order valence-corrected chi connectivity index (χ3v) is 3.77. The van der Waals surface area contributed by atoms with Gasteiger partial charge >= 0.3 is 5.69 Å². The van der Waals surface area contributed by atoms with Crippen molar-refractivity contribution >= 4 is 11.6 Å². The van der Waals surface area contributed by atoms with E-state index in [-0.39, 0.29) is 10.7 Å². The van der Waals surface area contributed by atoms with E-state index in [4.69, 9.17) is 16.3 Å². The maximum atomic E-state index is 13.6. The molecule has 0 saturated carbocycles. The van der Waals surface area contributed by atoms with E-state index in [0.717, 1.165) is 5.56 Å². The summed E-state index contributed by atoms with van der Waals surface area (Å²) in [5.41, 5.74) is 1.68. The molecule has 1 aromatic heterocycles. The molecule has 0 spiro atoms. The minimum absolute atomic E-state index is 0.204. The Morgan fingerprint density at radius 2 is 1.91 bits per heavy atom. The van der Waals surface area contributed by atoms with Crippen molar-refractivity contribution in [3.05, 3.63) is 64.0 Å². The third-order valence-electron chi connectivity index (χ3n) is 3.49. The lowest BCUT2D eigenvalue weighted by atomic mass is 10.0. The van der Waals surface area contributed by atoms with Crippen molar-refractivity contribution < 1.29 is 9.13 Å². The largest absolute Gasteiger partial charge is 0.495 e. The minimum Gasteiger partial charge on any atom is -0.495 e. The normalized spacial score (nSPS) is 10.8.